The summed E-state index contributed by atoms with van der Waals surface area (Å²) in [5.41, 5.74) is 3.61. The maximum atomic E-state index is 11.2. The van der Waals surface area contributed by atoms with Crippen LogP contribution in [0.3, 0.4) is 0 Å². The molecule has 3 rings (SSSR count). The highest BCUT2D eigenvalue weighted by Crippen LogP contribution is 2.24. The van der Waals surface area contributed by atoms with E-state index in [0.29, 0.717) is 13.2 Å². The molecule has 0 aliphatic rings. The number of hydrogen-bond acceptors (Lipinski definition) is 3. The van der Waals surface area contributed by atoms with Crippen LogP contribution < -0.4 is 10.1 Å². The number of amides is 1. The Morgan fingerprint density at radius 1 is 1.09 bits per heavy atom. The fourth-order valence-corrected chi connectivity index (χ4v) is 3.74. The third kappa shape index (κ3) is 6.46. The summed E-state index contributed by atoms with van der Waals surface area (Å²) in [5, 5.41) is 2.82. The van der Waals surface area contributed by atoms with Crippen LogP contribution in [0.5, 0.6) is 5.75 Å². The van der Waals surface area contributed by atoms with Crippen molar-refractivity contribution in [3.63, 3.8) is 0 Å². The van der Waals surface area contributed by atoms with Crippen molar-refractivity contribution in [2.45, 2.75) is 58.4 Å². The van der Waals surface area contributed by atoms with Gasteiger partial charge in [-0.2, -0.15) is 0 Å². The highest BCUT2D eigenvalue weighted by molar-refractivity contribution is 5.86. The Bertz CT molecular complexity index is 1030. The van der Waals surface area contributed by atoms with Gasteiger partial charge in [0.25, 0.3) is 0 Å². The second-order valence-corrected chi connectivity index (χ2v) is 9.10. The van der Waals surface area contributed by atoms with E-state index in [4.69, 9.17) is 9.72 Å². The first kappa shape index (κ1) is 23.6. The van der Waals surface area contributed by atoms with Crippen molar-refractivity contribution in [2.24, 2.45) is 0 Å². The van der Waals surface area contributed by atoms with Crippen molar-refractivity contribution < 1.29 is 9.53 Å². The molecule has 0 aliphatic heterocycles. The first-order valence-electron chi connectivity index (χ1n) is 11.5. The van der Waals surface area contributed by atoms with Crippen LogP contribution in [0, 0.1) is 0 Å². The molecular formula is C27H35N3O2. The van der Waals surface area contributed by atoms with Crippen LogP contribution in [0.25, 0.3) is 11.0 Å². The van der Waals surface area contributed by atoms with Crippen LogP contribution in [0.4, 0.5) is 0 Å². The average molecular weight is 434 g/mol. The lowest BCUT2D eigenvalue weighted by molar-refractivity contribution is -0.116. The van der Waals surface area contributed by atoms with Gasteiger partial charge in [-0.1, -0.05) is 58.0 Å². The molecule has 1 amide bonds. The van der Waals surface area contributed by atoms with Gasteiger partial charge >= 0.3 is 0 Å². The van der Waals surface area contributed by atoms with E-state index < -0.39 is 0 Å². The summed E-state index contributed by atoms with van der Waals surface area (Å²) in [6.07, 6.45) is 5.24. The smallest absolute Gasteiger partial charge is 0.243 e. The number of carbonyl (C=O) groups is 1. The van der Waals surface area contributed by atoms with Gasteiger partial charge in [-0.3, -0.25) is 4.79 Å². The number of nitrogens with zero attached hydrogens (tertiary/aromatic N) is 2. The molecule has 0 saturated heterocycles. The Labute approximate surface area is 191 Å². The zero-order chi connectivity index (χ0) is 23.0. The highest BCUT2D eigenvalue weighted by atomic mass is 16.5. The maximum Gasteiger partial charge on any atom is 0.243 e. The minimum atomic E-state index is -0.111. The molecule has 170 valence electrons. The molecule has 0 aliphatic carbocycles. The van der Waals surface area contributed by atoms with Crippen LogP contribution in [0.1, 0.15) is 51.4 Å². The lowest BCUT2D eigenvalue weighted by Gasteiger charge is -2.19. The molecular weight excluding hydrogens is 398 g/mol. The number of ether oxygens (including phenoxy) is 1. The molecule has 0 saturated carbocycles. The van der Waals surface area contributed by atoms with Gasteiger partial charge in [0, 0.05) is 13.0 Å². The number of nitrogens with one attached hydrogen (secondary N) is 1. The minimum Gasteiger partial charge on any atom is -0.492 e. The zero-order valence-corrected chi connectivity index (χ0v) is 19.6. The predicted molar refractivity (Wildman–Crippen MR) is 131 cm³/mol. The van der Waals surface area contributed by atoms with E-state index in [1.54, 1.807) is 0 Å². The summed E-state index contributed by atoms with van der Waals surface area (Å²) < 4.78 is 8.32. The summed E-state index contributed by atoms with van der Waals surface area (Å²) in [6.45, 7) is 12.1. The van der Waals surface area contributed by atoms with Crippen molar-refractivity contribution in [3.05, 3.63) is 72.6 Å². The number of rotatable bonds is 11. The van der Waals surface area contributed by atoms with Crippen LogP contribution in [0.15, 0.2) is 61.2 Å². The van der Waals surface area contributed by atoms with Crippen LogP contribution in [-0.2, 0) is 23.2 Å². The van der Waals surface area contributed by atoms with E-state index in [-0.39, 0.29) is 11.3 Å². The average Bonchev–Trinajstić information content (AvgIpc) is 3.13. The molecule has 5 nitrogen and oxygen atoms in total. The van der Waals surface area contributed by atoms with Gasteiger partial charge in [0.1, 0.15) is 18.2 Å². The third-order valence-electron chi connectivity index (χ3n) is 5.60. The first-order valence-corrected chi connectivity index (χ1v) is 11.5. The fraction of sp³-hybridized carbons (Fsp3) is 0.407. The summed E-state index contributed by atoms with van der Waals surface area (Å²) >= 11 is 0. The predicted octanol–water partition coefficient (Wildman–Crippen LogP) is 5.43. The number of carbonyl (C=O) groups excluding carboxylic acids is 1. The van der Waals surface area contributed by atoms with Crippen molar-refractivity contribution >= 4 is 16.9 Å². The van der Waals surface area contributed by atoms with E-state index in [1.165, 1.54) is 11.6 Å². The van der Waals surface area contributed by atoms with E-state index in [2.05, 4.69) is 79.7 Å². The molecule has 1 aromatic heterocycles. The molecule has 0 spiro atoms. The Morgan fingerprint density at radius 3 is 2.56 bits per heavy atom. The quantitative estimate of drug-likeness (QED) is 0.324. The topological polar surface area (TPSA) is 56.2 Å². The van der Waals surface area contributed by atoms with Gasteiger partial charge in [0.05, 0.1) is 17.6 Å². The van der Waals surface area contributed by atoms with E-state index in [0.717, 1.165) is 54.8 Å². The number of hydrogen-bond donors (Lipinski definition) is 1. The highest BCUT2D eigenvalue weighted by Gasteiger charge is 2.13. The number of para-hydroxylation sites is 2. The van der Waals surface area contributed by atoms with Gasteiger partial charge in [0.15, 0.2) is 0 Å². The Balaban J connectivity index is 1.57. The number of aromatic nitrogens is 2. The second-order valence-electron chi connectivity index (χ2n) is 9.10. The van der Waals surface area contributed by atoms with Crippen LogP contribution >= 0.6 is 0 Å². The Morgan fingerprint density at radius 2 is 1.84 bits per heavy atom. The molecule has 0 atom stereocenters. The van der Waals surface area contributed by atoms with Gasteiger partial charge in [-0.05, 0) is 54.2 Å². The maximum absolute atomic E-state index is 11.2. The molecule has 0 radical (unpaired) electrons. The number of aryl methyl sites for hydroxylation is 1. The Kier molecular flexibility index (Phi) is 8.09. The normalized spacial score (nSPS) is 11.5. The SMILES string of the molecule is C=CC(=O)NCCCCCc1nc2ccccc2n1CCOc1ccc(C(C)(C)C)cc1. The summed E-state index contributed by atoms with van der Waals surface area (Å²) in [6, 6.07) is 16.7. The molecule has 1 N–H and O–H groups in total. The minimum absolute atomic E-state index is 0.111. The zero-order valence-electron chi connectivity index (χ0n) is 19.6. The molecule has 1 heterocycles. The van der Waals surface area contributed by atoms with E-state index in [1.807, 2.05) is 6.07 Å². The Hall–Kier alpha value is -3.08. The number of imidazole rings is 1. The largest absolute Gasteiger partial charge is 0.492 e. The van der Waals surface area contributed by atoms with E-state index >= 15 is 0 Å². The standard InChI is InChI=1S/C27H35N3O2/c1-5-26(31)28-18-10-6-7-13-25-29-23-11-8-9-12-24(23)30(25)19-20-32-22-16-14-21(15-17-22)27(2,3)4/h5,8-9,11-12,14-17H,1,6-7,10,13,18-20H2,2-4H3,(H,28,31). The third-order valence-corrected chi connectivity index (χ3v) is 5.60. The van der Waals surface area contributed by atoms with Gasteiger partial charge < -0.3 is 14.6 Å². The molecule has 2 aromatic carbocycles. The van der Waals surface area contributed by atoms with Crippen molar-refractivity contribution in [1.82, 2.24) is 14.9 Å². The lowest BCUT2D eigenvalue weighted by atomic mass is 9.87. The molecule has 0 bridgehead atoms. The molecule has 32 heavy (non-hydrogen) atoms. The van der Waals surface area contributed by atoms with Crippen molar-refractivity contribution in [3.8, 4) is 5.75 Å². The van der Waals surface area contributed by atoms with Crippen LogP contribution in [-0.4, -0.2) is 28.6 Å². The lowest BCUT2D eigenvalue weighted by Crippen LogP contribution is -2.21. The molecule has 0 fully saturated rings. The second kappa shape index (κ2) is 11.0. The van der Waals surface area contributed by atoms with Gasteiger partial charge in [-0.15, -0.1) is 0 Å². The van der Waals surface area contributed by atoms with E-state index in [9.17, 15) is 4.79 Å². The molecule has 5 heteroatoms. The molecule has 0 unspecified atom stereocenters. The number of benzene rings is 2. The summed E-state index contributed by atoms with van der Waals surface area (Å²) in [5.74, 6) is 1.87. The monoisotopic (exact) mass is 433 g/mol. The summed E-state index contributed by atoms with van der Waals surface area (Å²) in [4.78, 5) is 16.1. The fourth-order valence-electron chi connectivity index (χ4n) is 3.74. The van der Waals surface area contributed by atoms with Crippen LogP contribution in [0.2, 0.25) is 0 Å². The summed E-state index contributed by atoms with van der Waals surface area (Å²) in [7, 11) is 0. The van der Waals surface area contributed by atoms with Gasteiger partial charge in [0.2, 0.25) is 5.91 Å². The van der Waals surface area contributed by atoms with Gasteiger partial charge in [-0.25, -0.2) is 4.98 Å². The number of unbranched alkanes of at least 4 members (excludes halogenated alkanes) is 2. The molecule has 3 aromatic rings. The first-order chi connectivity index (χ1) is 15.4. The van der Waals surface area contributed by atoms with Crippen molar-refractivity contribution in [1.29, 1.82) is 0 Å². The van der Waals surface area contributed by atoms with Crippen molar-refractivity contribution in [2.75, 3.05) is 13.2 Å². The number of fused-ring (bicyclic) bond motifs is 1.